The molecule has 1 aromatic carbocycles. The summed E-state index contributed by atoms with van der Waals surface area (Å²) in [7, 11) is 0. The Morgan fingerprint density at radius 3 is 2.83 bits per heavy atom. The molecule has 3 nitrogen and oxygen atoms in total. The highest BCUT2D eigenvalue weighted by molar-refractivity contribution is 5.93. The standard InChI is InChI=1S/C14H16N2O.ClH/c1-10(17)16-9-12(13-6-4-8-15-13)11-5-2-3-7-14(11)16;/h2-3,5,7,9,13,15H,4,6,8H2,1H3;1H/t13-;/m0./s1. The summed E-state index contributed by atoms with van der Waals surface area (Å²) >= 11 is 0. The zero-order chi connectivity index (χ0) is 11.8. The molecule has 1 atom stereocenters. The van der Waals surface area contributed by atoms with Crippen molar-refractivity contribution in [3.8, 4) is 0 Å². The summed E-state index contributed by atoms with van der Waals surface area (Å²) in [6.45, 7) is 2.68. The fourth-order valence-corrected chi connectivity index (χ4v) is 2.69. The number of benzene rings is 1. The molecule has 0 radical (unpaired) electrons. The van der Waals surface area contributed by atoms with Crippen molar-refractivity contribution in [3.63, 3.8) is 0 Å². The van der Waals surface area contributed by atoms with Crippen LogP contribution in [0.1, 0.15) is 36.2 Å². The van der Waals surface area contributed by atoms with E-state index in [0.717, 1.165) is 18.5 Å². The Labute approximate surface area is 113 Å². The highest BCUT2D eigenvalue weighted by Gasteiger charge is 2.21. The Morgan fingerprint density at radius 1 is 1.39 bits per heavy atom. The first-order valence-electron chi connectivity index (χ1n) is 6.11. The van der Waals surface area contributed by atoms with Gasteiger partial charge in [0.2, 0.25) is 5.91 Å². The Kier molecular flexibility index (Phi) is 3.73. The lowest BCUT2D eigenvalue weighted by Crippen LogP contribution is -2.12. The van der Waals surface area contributed by atoms with Crippen LogP contribution in [0, 0.1) is 0 Å². The Hall–Kier alpha value is -1.32. The topological polar surface area (TPSA) is 34.0 Å². The van der Waals surface area contributed by atoms with E-state index in [2.05, 4.69) is 11.4 Å². The number of rotatable bonds is 1. The maximum absolute atomic E-state index is 11.6. The second-order valence-electron chi connectivity index (χ2n) is 4.64. The molecule has 0 aliphatic carbocycles. The molecular formula is C14H17ClN2O. The van der Waals surface area contributed by atoms with Crippen LogP contribution in [0.25, 0.3) is 10.9 Å². The molecule has 18 heavy (non-hydrogen) atoms. The molecule has 0 amide bonds. The number of nitrogens with zero attached hydrogens (tertiary/aromatic N) is 1. The smallest absolute Gasteiger partial charge is 0.227 e. The van der Waals surface area contributed by atoms with Crippen LogP contribution in [0.2, 0.25) is 0 Å². The number of nitrogens with one attached hydrogen (secondary N) is 1. The molecule has 2 aromatic rings. The second kappa shape index (κ2) is 5.12. The van der Waals surface area contributed by atoms with Gasteiger partial charge in [0.05, 0.1) is 5.52 Å². The summed E-state index contributed by atoms with van der Waals surface area (Å²) in [4.78, 5) is 11.6. The molecule has 3 rings (SSSR count). The summed E-state index contributed by atoms with van der Waals surface area (Å²) in [5, 5.41) is 4.69. The Bertz CT molecular complexity index is 570. The van der Waals surface area contributed by atoms with Crippen molar-refractivity contribution < 1.29 is 4.79 Å². The number of hydrogen-bond acceptors (Lipinski definition) is 2. The lowest BCUT2D eigenvalue weighted by molar-refractivity contribution is 0.0941. The van der Waals surface area contributed by atoms with Crippen molar-refractivity contribution in [2.45, 2.75) is 25.8 Å². The first-order chi connectivity index (χ1) is 8.27. The largest absolute Gasteiger partial charge is 0.310 e. The zero-order valence-electron chi connectivity index (χ0n) is 10.3. The van der Waals surface area contributed by atoms with E-state index in [1.807, 2.05) is 24.4 Å². The number of para-hydroxylation sites is 1. The third-order valence-electron chi connectivity index (χ3n) is 3.52. The summed E-state index contributed by atoms with van der Waals surface area (Å²) in [5.74, 6) is 0.0745. The van der Waals surface area contributed by atoms with Gasteiger partial charge in [-0.2, -0.15) is 0 Å². The third kappa shape index (κ3) is 2.04. The van der Waals surface area contributed by atoms with Crippen LogP contribution in [0.15, 0.2) is 30.5 Å². The van der Waals surface area contributed by atoms with E-state index in [1.54, 1.807) is 11.5 Å². The molecule has 1 N–H and O–H groups in total. The van der Waals surface area contributed by atoms with Gasteiger partial charge in [-0.25, -0.2) is 0 Å². The molecule has 1 fully saturated rings. The summed E-state index contributed by atoms with van der Waals surface area (Å²) in [5.41, 5.74) is 2.28. The van der Waals surface area contributed by atoms with Gasteiger partial charge in [0, 0.05) is 24.5 Å². The van der Waals surface area contributed by atoms with E-state index < -0.39 is 0 Å². The van der Waals surface area contributed by atoms with Crippen molar-refractivity contribution in [1.82, 2.24) is 9.88 Å². The van der Waals surface area contributed by atoms with Crippen LogP contribution in [0.3, 0.4) is 0 Å². The van der Waals surface area contributed by atoms with Gasteiger partial charge < -0.3 is 5.32 Å². The van der Waals surface area contributed by atoms with Crippen LogP contribution in [0.4, 0.5) is 0 Å². The molecular weight excluding hydrogens is 248 g/mol. The monoisotopic (exact) mass is 264 g/mol. The fraction of sp³-hybridized carbons (Fsp3) is 0.357. The predicted molar refractivity (Wildman–Crippen MR) is 75.5 cm³/mol. The molecule has 1 aromatic heterocycles. The molecule has 0 spiro atoms. The summed E-state index contributed by atoms with van der Waals surface area (Å²) in [6.07, 6.45) is 4.37. The molecule has 0 unspecified atom stereocenters. The van der Waals surface area contributed by atoms with Crippen molar-refractivity contribution >= 4 is 29.2 Å². The maximum Gasteiger partial charge on any atom is 0.227 e. The van der Waals surface area contributed by atoms with E-state index in [1.165, 1.54) is 17.4 Å². The number of carbonyl (C=O) groups is 1. The Morgan fingerprint density at radius 2 is 2.17 bits per heavy atom. The quantitative estimate of drug-likeness (QED) is 0.859. The van der Waals surface area contributed by atoms with Crippen molar-refractivity contribution in [2.75, 3.05) is 6.54 Å². The number of hydrogen-bond donors (Lipinski definition) is 1. The first-order valence-corrected chi connectivity index (χ1v) is 6.11. The average molecular weight is 265 g/mol. The Balaban J connectivity index is 0.00000120. The van der Waals surface area contributed by atoms with Gasteiger partial charge in [-0.15, -0.1) is 12.4 Å². The highest BCUT2D eigenvalue weighted by Crippen LogP contribution is 2.31. The minimum Gasteiger partial charge on any atom is -0.310 e. The third-order valence-corrected chi connectivity index (χ3v) is 3.52. The highest BCUT2D eigenvalue weighted by atomic mass is 35.5. The maximum atomic E-state index is 11.6. The van der Waals surface area contributed by atoms with Crippen LogP contribution in [0.5, 0.6) is 0 Å². The lowest BCUT2D eigenvalue weighted by atomic mass is 10.0. The van der Waals surface area contributed by atoms with Gasteiger partial charge in [0.25, 0.3) is 0 Å². The zero-order valence-corrected chi connectivity index (χ0v) is 11.2. The predicted octanol–water partition coefficient (Wildman–Crippen LogP) is 3.15. The average Bonchev–Trinajstić information content (AvgIpc) is 2.95. The molecule has 1 saturated heterocycles. The number of fused-ring (bicyclic) bond motifs is 1. The normalized spacial score (nSPS) is 18.8. The van der Waals surface area contributed by atoms with Crippen LogP contribution >= 0.6 is 12.4 Å². The first kappa shape index (κ1) is 13.1. The molecule has 2 heterocycles. The van der Waals surface area contributed by atoms with E-state index >= 15 is 0 Å². The number of carbonyl (C=O) groups excluding carboxylic acids is 1. The fourth-order valence-electron chi connectivity index (χ4n) is 2.69. The van der Waals surface area contributed by atoms with Crippen LogP contribution < -0.4 is 5.32 Å². The minimum absolute atomic E-state index is 0. The van der Waals surface area contributed by atoms with Crippen LogP contribution in [-0.4, -0.2) is 17.0 Å². The lowest BCUT2D eigenvalue weighted by Gasteiger charge is -2.08. The van der Waals surface area contributed by atoms with Gasteiger partial charge in [-0.3, -0.25) is 9.36 Å². The van der Waals surface area contributed by atoms with Crippen molar-refractivity contribution in [2.24, 2.45) is 0 Å². The van der Waals surface area contributed by atoms with Gasteiger partial charge >= 0.3 is 0 Å². The van der Waals surface area contributed by atoms with Gasteiger partial charge in [-0.05, 0) is 31.0 Å². The molecule has 4 heteroatoms. The van der Waals surface area contributed by atoms with E-state index in [0.29, 0.717) is 6.04 Å². The second-order valence-corrected chi connectivity index (χ2v) is 4.64. The molecule has 0 bridgehead atoms. The van der Waals surface area contributed by atoms with Crippen molar-refractivity contribution in [1.29, 1.82) is 0 Å². The molecule has 0 saturated carbocycles. The molecule has 1 aliphatic heterocycles. The summed E-state index contributed by atoms with van der Waals surface area (Å²) < 4.78 is 1.75. The van der Waals surface area contributed by atoms with E-state index in [4.69, 9.17) is 0 Å². The van der Waals surface area contributed by atoms with Gasteiger partial charge in [0.1, 0.15) is 0 Å². The minimum atomic E-state index is 0. The molecule has 1 aliphatic rings. The van der Waals surface area contributed by atoms with E-state index in [9.17, 15) is 4.79 Å². The number of aromatic nitrogens is 1. The van der Waals surface area contributed by atoms with E-state index in [-0.39, 0.29) is 18.3 Å². The SMILES string of the molecule is CC(=O)n1cc([C@@H]2CCCN2)c2ccccc21.Cl. The molecule has 96 valence electrons. The summed E-state index contributed by atoms with van der Waals surface area (Å²) in [6, 6.07) is 8.53. The van der Waals surface area contributed by atoms with Crippen molar-refractivity contribution in [3.05, 3.63) is 36.0 Å². The van der Waals surface area contributed by atoms with Crippen LogP contribution in [-0.2, 0) is 0 Å². The van der Waals surface area contributed by atoms with Gasteiger partial charge in [-0.1, -0.05) is 18.2 Å². The number of halogens is 1. The van der Waals surface area contributed by atoms with Gasteiger partial charge in [0.15, 0.2) is 0 Å².